The summed E-state index contributed by atoms with van der Waals surface area (Å²) >= 11 is 0. The van der Waals surface area contributed by atoms with Gasteiger partial charge in [-0.1, -0.05) is 44.2 Å². The first-order valence-electron chi connectivity index (χ1n) is 10.6. The summed E-state index contributed by atoms with van der Waals surface area (Å²) in [5, 5.41) is 12.4. The van der Waals surface area contributed by atoms with E-state index in [0.29, 0.717) is 31.4 Å². The first-order chi connectivity index (χ1) is 14.5. The van der Waals surface area contributed by atoms with Gasteiger partial charge < -0.3 is 9.64 Å². The molecule has 1 atom stereocenters. The smallest absolute Gasteiger partial charge is 0.410 e. The Morgan fingerprint density at radius 3 is 2.63 bits per heavy atom. The maximum Gasteiger partial charge on any atom is 0.410 e. The maximum atomic E-state index is 12.7. The van der Waals surface area contributed by atoms with Gasteiger partial charge in [-0.3, -0.25) is 9.69 Å². The molecule has 2 aliphatic heterocycles. The van der Waals surface area contributed by atoms with Crippen molar-refractivity contribution in [1.82, 2.24) is 30.0 Å². The maximum absolute atomic E-state index is 12.7. The fourth-order valence-electron chi connectivity index (χ4n) is 4.27. The van der Waals surface area contributed by atoms with E-state index in [9.17, 15) is 9.59 Å². The van der Waals surface area contributed by atoms with E-state index in [1.807, 2.05) is 40.1 Å². The molecule has 2 fully saturated rings. The van der Waals surface area contributed by atoms with Crippen LogP contribution in [0.15, 0.2) is 30.3 Å². The zero-order valence-electron chi connectivity index (χ0n) is 17.5. The Morgan fingerprint density at radius 1 is 1.20 bits per heavy atom. The number of likely N-dealkylation sites (tertiary alicyclic amines) is 1. The molecule has 2 amide bonds. The van der Waals surface area contributed by atoms with Gasteiger partial charge in [-0.05, 0) is 30.4 Å². The quantitative estimate of drug-likeness (QED) is 0.722. The van der Waals surface area contributed by atoms with E-state index in [2.05, 4.69) is 29.3 Å². The zero-order valence-corrected chi connectivity index (χ0v) is 17.5. The van der Waals surface area contributed by atoms with E-state index in [4.69, 9.17) is 4.74 Å². The van der Waals surface area contributed by atoms with Gasteiger partial charge in [0.15, 0.2) is 0 Å². The second-order valence-electron chi connectivity index (χ2n) is 8.39. The minimum Gasteiger partial charge on any atom is -0.447 e. The van der Waals surface area contributed by atoms with E-state index >= 15 is 0 Å². The lowest BCUT2D eigenvalue weighted by Gasteiger charge is -2.38. The Balaban J connectivity index is 1.31. The summed E-state index contributed by atoms with van der Waals surface area (Å²) < 4.78 is 5.30. The van der Waals surface area contributed by atoms with Gasteiger partial charge in [0.2, 0.25) is 11.7 Å². The number of carbonyl (C=O) groups is 2. The molecule has 2 aromatic rings. The lowest BCUT2D eigenvalue weighted by molar-refractivity contribution is -0.133. The number of aromatic nitrogens is 4. The van der Waals surface area contributed by atoms with Crippen LogP contribution < -0.4 is 0 Å². The number of rotatable bonds is 6. The van der Waals surface area contributed by atoms with Crippen molar-refractivity contribution in [2.45, 2.75) is 51.7 Å². The number of carbonyl (C=O) groups excluding carboxylic acids is 2. The highest BCUT2D eigenvalue weighted by molar-refractivity contribution is 5.76. The molecule has 0 saturated carbocycles. The second kappa shape index (κ2) is 8.81. The fourth-order valence-corrected chi connectivity index (χ4v) is 4.27. The summed E-state index contributed by atoms with van der Waals surface area (Å²) in [4.78, 5) is 30.0. The summed E-state index contributed by atoms with van der Waals surface area (Å²) in [5.41, 5.74) is 0.866. The average molecular weight is 412 g/mol. The largest absolute Gasteiger partial charge is 0.447 e. The molecule has 0 radical (unpaired) electrons. The fraction of sp³-hybridized carbons (Fsp3) is 0.571. The normalized spacial score (nSPS) is 20.1. The number of nitrogens with zero attached hydrogens (tertiary/aromatic N) is 6. The van der Waals surface area contributed by atoms with Gasteiger partial charge in [0.1, 0.15) is 13.2 Å². The third-order valence-electron chi connectivity index (χ3n) is 5.72. The number of hydrogen-bond acceptors (Lipinski definition) is 6. The molecule has 9 nitrogen and oxygen atoms in total. The Bertz CT molecular complexity index is 876. The second-order valence-corrected chi connectivity index (χ2v) is 8.39. The molecule has 2 saturated heterocycles. The van der Waals surface area contributed by atoms with Crippen LogP contribution in [0.2, 0.25) is 0 Å². The van der Waals surface area contributed by atoms with Crippen LogP contribution in [0.25, 0.3) is 11.4 Å². The SMILES string of the molecule is CC(C)CC1COC(=O)N1C1CCN(C(=O)Cn2nnc(-c3ccccc3)n2)CC1. The Morgan fingerprint density at radius 2 is 1.93 bits per heavy atom. The van der Waals surface area contributed by atoms with Gasteiger partial charge in [0.05, 0.1) is 6.04 Å². The van der Waals surface area contributed by atoms with Crippen molar-refractivity contribution in [3.8, 4) is 11.4 Å². The number of cyclic esters (lactones) is 1. The first-order valence-corrected chi connectivity index (χ1v) is 10.6. The molecular weight excluding hydrogens is 384 g/mol. The molecule has 0 spiro atoms. The number of amides is 2. The van der Waals surface area contributed by atoms with Gasteiger partial charge >= 0.3 is 6.09 Å². The highest BCUT2D eigenvalue weighted by Gasteiger charge is 2.39. The molecule has 160 valence electrons. The summed E-state index contributed by atoms with van der Waals surface area (Å²) in [6.07, 6.45) is 2.24. The van der Waals surface area contributed by atoms with Crippen LogP contribution in [0.4, 0.5) is 4.79 Å². The molecule has 4 rings (SSSR count). The number of piperidine rings is 1. The van der Waals surface area contributed by atoms with E-state index in [-0.39, 0.29) is 30.6 Å². The van der Waals surface area contributed by atoms with Crippen molar-refractivity contribution in [1.29, 1.82) is 0 Å². The zero-order chi connectivity index (χ0) is 21.1. The first kappa shape index (κ1) is 20.3. The predicted octanol–water partition coefficient (Wildman–Crippen LogP) is 2.20. The van der Waals surface area contributed by atoms with E-state index in [1.165, 1.54) is 4.80 Å². The molecule has 1 unspecified atom stereocenters. The minimum atomic E-state index is -0.217. The lowest BCUT2D eigenvalue weighted by atomic mass is 9.98. The minimum absolute atomic E-state index is 0.0341. The molecule has 0 aliphatic carbocycles. The van der Waals surface area contributed by atoms with Crippen molar-refractivity contribution in [3.63, 3.8) is 0 Å². The predicted molar refractivity (Wildman–Crippen MR) is 109 cm³/mol. The van der Waals surface area contributed by atoms with Crippen LogP contribution in [0.3, 0.4) is 0 Å². The van der Waals surface area contributed by atoms with Crippen LogP contribution in [0.5, 0.6) is 0 Å². The van der Waals surface area contributed by atoms with Crippen molar-refractivity contribution in [2.24, 2.45) is 5.92 Å². The topological polar surface area (TPSA) is 93.5 Å². The van der Waals surface area contributed by atoms with Crippen LogP contribution in [0.1, 0.15) is 33.1 Å². The van der Waals surface area contributed by atoms with Crippen molar-refractivity contribution < 1.29 is 14.3 Å². The Labute approximate surface area is 176 Å². The number of ether oxygens (including phenoxy) is 1. The van der Waals surface area contributed by atoms with E-state index in [0.717, 1.165) is 24.8 Å². The van der Waals surface area contributed by atoms with Crippen molar-refractivity contribution in [3.05, 3.63) is 30.3 Å². The Hall–Kier alpha value is -2.97. The van der Waals surface area contributed by atoms with Gasteiger partial charge in [-0.25, -0.2) is 4.79 Å². The van der Waals surface area contributed by atoms with Crippen molar-refractivity contribution in [2.75, 3.05) is 19.7 Å². The Kier molecular flexibility index (Phi) is 5.96. The molecule has 9 heteroatoms. The highest BCUT2D eigenvalue weighted by atomic mass is 16.6. The third-order valence-corrected chi connectivity index (χ3v) is 5.72. The summed E-state index contributed by atoms with van der Waals surface area (Å²) in [6.45, 7) is 6.07. The number of benzene rings is 1. The van der Waals surface area contributed by atoms with Crippen LogP contribution in [-0.2, 0) is 16.1 Å². The van der Waals surface area contributed by atoms with Gasteiger partial charge in [-0.2, -0.15) is 4.80 Å². The van der Waals surface area contributed by atoms with Crippen molar-refractivity contribution >= 4 is 12.0 Å². The average Bonchev–Trinajstić information content (AvgIpc) is 3.35. The monoisotopic (exact) mass is 412 g/mol. The summed E-state index contributed by atoms with van der Waals surface area (Å²) in [5.74, 6) is 0.976. The molecule has 3 heterocycles. The molecule has 0 N–H and O–H groups in total. The van der Waals surface area contributed by atoms with Gasteiger partial charge in [0, 0.05) is 24.7 Å². The lowest BCUT2D eigenvalue weighted by Crippen LogP contribution is -2.50. The van der Waals surface area contributed by atoms with E-state index < -0.39 is 0 Å². The third kappa shape index (κ3) is 4.44. The molecule has 1 aromatic heterocycles. The van der Waals surface area contributed by atoms with Gasteiger partial charge in [-0.15, -0.1) is 10.2 Å². The summed E-state index contributed by atoms with van der Waals surface area (Å²) in [6, 6.07) is 9.82. The standard InChI is InChI=1S/C21H28N6O3/c1-15(2)12-18-14-30-21(29)27(18)17-8-10-25(11-9-17)19(28)13-26-23-20(22-24-26)16-6-4-3-5-7-16/h3-7,15,17-18H,8-14H2,1-2H3. The molecule has 30 heavy (non-hydrogen) atoms. The highest BCUT2D eigenvalue weighted by Crippen LogP contribution is 2.27. The van der Waals surface area contributed by atoms with E-state index in [1.54, 1.807) is 0 Å². The van der Waals surface area contributed by atoms with Crippen LogP contribution in [0, 0.1) is 5.92 Å². The molecular formula is C21H28N6O3. The number of hydrogen-bond donors (Lipinski definition) is 0. The summed E-state index contributed by atoms with van der Waals surface area (Å²) in [7, 11) is 0. The molecule has 2 aliphatic rings. The molecule has 1 aromatic carbocycles. The molecule has 0 bridgehead atoms. The van der Waals surface area contributed by atoms with Crippen LogP contribution >= 0.6 is 0 Å². The van der Waals surface area contributed by atoms with Crippen LogP contribution in [-0.4, -0.2) is 73.8 Å². The number of tetrazole rings is 1. The van der Waals surface area contributed by atoms with Gasteiger partial charge in [0.25, 0.3) is 0 Å².